The van der Waals surface area contributed by atoms with Crippen LogP contribution in [0, 0.1) is 11.6 Å². The fraction of sp³-hybridized carbons (Fsp3) is 0.156. The Morgan fingerprint density at radius 3 is 2.14 bits per heavy atom. The van der Waals surface area contributed by atoms with E-state index in [9.17, 15) is 23.2 Å². The molecule has 5 rings (SSSR count). The number of piperazine rings is 1. The molecule has 4 aromatic carbocycles. The summed E-state index contributed by atoms with van der Waals surface area (Å²) in [4.78, 5) is 42.8. The molecule has 0 atom stereocenters. The minimum Gasteiger partial charge on any atom is -0.367 e. The second-order valence-corrected chi connectivity index (χ2v) is 10.2. The van der Waals surface area contributed by atoms with Crippen molar-refractivity contribution in [2.24, 2.45) is 0 Å². The number of carbonyl (C=O) groups is 3. The number of hydrogen-bond donors (Lipinski definition) is 2. The van der Waals surface area contributed by atoms with Gasteiger partial charge in [0.05, 0.1) is 5.56 Å². The van der Waals surface area contributed by atoms with Crippen LogP contribution in [0.3, 0.4) is 0 Å². The lowest BCUT2D eigenvalue weighted by atomic mass is 10.1. The van der Waals surface area contributed by atoms with E-state index in [0.717, 1.165) is 5.56 Å². The van der Waals surface area contributed by atoms with Crippen LogP contribution >= 0.6 is 11.6 Å². The highest BCUT2D eigenvalue weighted by Gasteiger charge is 2.25. The molecule has 214 valence electrons. The first-order chi connectivity index (χ1) is 20.3. The third kappa shape index (κ3) is 6.92. The smallest absolute Gasteiger partial charge is 0.255 e. The maximum absolute atomic E-state index is 13.6. The Morgan fingerprint density at radius 1 is 0.738 bits per heavy atom. The van der Waals surface area contributed by atoms with Gasteiger partial charge in [0.15, 0.2) is 0 Å². The minimum absolute atomic E-state index is 0.176. The van der Waals surface area contributed by atoms with Crippen LogP contribution in [0.25, 0.3) is 0 Å². The molecule has 1 aliphatic rings. The van der Waals surface area contributed by atoms with E-state index in [1.165, 1.54) is 30.3 Å². The maximum atomic E-state index is 13.6. The second-order valence-electron chi connectivity index (χ2n) is 9.79. The van der Waals surface area contributed by atoms with Crippen molar-refractivity contribution in [1.82, 2.24) is 10.2 Å². The molecule has 2 N–H and O–H groups in total. The van der Waals surface area contributed by atoms with Crippen molar-refractivity contribution in [3.05, 3.63) is 130 Å². The van der Waals surface area contributed by atoms with Crippen LogP contribution < -0.4 is 15.5 Å². The molecule has 0 spiro atoms. The number of halogens is 3. The summed E-state index contributed by atoms with van der Waals surface area (Å²) in [5.74, 6) is -1.84. The van der Waals surface area contributed by atoms with E-state index in [0.29, 0.717) is 53.7 Å². The van der Waals surface area contributed by atoms with Crippen molar-refractivity contribution in [2.75, 3.05) is 36.4 Å². The first kappa shape index (κ1) is 28.8. The summed E-state index contributed by atoms with van der Waals surface area (Å²) in [6.07, 6.45) is 0. The number of nitrogens with zero attached hydrogens (tertiary/aromatic N) is 2. The predicted octanol–water partition coefficient (Wildman–Crippen LogP) is 5.76. The molecule has 7 nitrogen and oxygen atoms in total. The van der Waals surface area contributed by atoms with Crippen molar-refractivity contribution < 1.29 is 23.2 Å². The molecule has 0 saturated carbocycles. The Bertz CT molecular complexity index is 1610. The molecule has 0 unspecified atom stereocenters. The third-order valence-corrected chi connectivity index (χ3v) is 7.20. The number of hydrogen-bond acceptors (Lipinski definition) is 4. The summed E-state index contributed by atoms with van der Waals surface area (Å²) in [5, 5.41) is 6.20. The molecule has 1 fully saturated rings. The van der Waals surface area contributed by atoms with E-state index in [1.807, 2.05) is 4.90 Å². The van der Waals surface area contributed by atoms with Crippen LogP contribution in [-0.4, -0.2) is 48.8 Å². The molecule has 0 bridgehead atoms. The molecule has 42 heavy (non-hydrogen) atoms. The van der Waals surface area contributed by atoms with Crippen LogP contribution in [0.15, 0.2) is 91.0 Å². The van der Waals surface area contributed by atoms with Crippen molar-refractivity contribution in [3.8, 4) is 0 Å². The van der Waals surface area contributed by atoms with Gasteiger partial charge in [-0.1, -0.05) is 29.8 Å². The molecular formula is C32H27ClF2N4O3. The van der Waals surface area contributed by atoms with Gasteiger partial charge in [-0.3, -0.25) is 14.4 Å². The number of benzene rings is 4. The fourth-order valence-electron chi connectivity index (χ4n) is 4.71. The SMILES string of the molecule is O=C(Nc1ccc(N2CCN(C(=O)c3cccc(F)c3)CC2)c(C(=O)NCc2ccc(F)cc2)c1)c1ccc(Cl)cc1. The second kappa shape index (κ2) is 12.8. The number of carbonyl (C=O) groups excluding carboxylic acids is 3. The van der Waals surface area contributed by atoms with Crippen LogP contribution in [0.2, 0.25) is 5.02 Å². The van der Waals surface area contributed by atoms with E-state index in [4.69, 9.17) is 11.6 Å². The Hall–Kier alpha value is -4.76. The summed E-state index contributed by atoms with van der Waals surface area (Å²) in [5.41, 5.74) is 2.80. The van der Waals surface area contributed by atoms with Crippen molar-refractivity contribution in [3.63, 3.8) is 0 Å². The Kier molecular flexibility index (Phi) is 8.78. The largest absolute Gasteiger partial charge is 0.367 e. The highest BCUT2D eigenvalue weighted by molar-refractivity contribution is 6.30. The molecule has 4 aromatic rings. The lowest BCUT2D eigenvalue weighted by Gasteiger charge is -2.37. The molecule has 1 aliphatic heterocycles. The number of amides is 3. The van der Waals surface area contributed by atoms with Gasteiger partial charge in [0, 0.05) is 60.2 Å². The lowest BCUT2D eigenvalue weighted by molar-refractivity contribution is 0.0745. The first-order valence-corrected chi connectivity index (χ1v) is 13.7. The highest BCUT2D eigenvalue weighted by atomic mass is 35.5. The molecule has 0 aromatic heterocycles. The van der Waals surface area contributed by atoms with E-state index in [2.05, 4.69) is 10.6 Å². The van der Waals surface area contributed by atoms with Gasteiger partial charge < -0.3 is 20.4 Å². The van der Waals surface area contributed by atoms with Crippen molar-refractivity contribution >= 4 is 40.7 Å². The van der Waals surface area contributed by atoms with Gasteiger partial charge in [0.25, 0.3) is 17.7 Å². The highest BCUT2D eigenvalue weighted by Crippen LogP contribution is 2.27. The minimum atomic E-state index is -0.473. The van der Waals surface area contributed by atoms with Gasteiger partial charge in [0.1, 0.15) is 11.6 Å². The quantitative estimate of drug-likeness (QED) is 0.288. The summed E-state index contributed by atoms with van der Waals surface area (Å²) >= 11 is 5.93. The number of rotatable bonds is 7. The summed E-state index contributed by atoms with van der Waals surface area (Å²) in [6, 6.07) is 22.9. The third-order valence-electron chi connectivity index (χ3n) is 6.95. The zero-order valence-corrected chi connectivity index (χ0v) is 23.2. The van der Waals surface area contributed by atoms with Crippen LogP contribution in [0.4, 0.5) is 20.2 Å². The van der Waals surface area contributed by atoms with E-state index < -0.39 is 5.82 Å². The first-order valence-electron chi connectivity index (χ1n) is 13.3. The Labute approximate surface area is 246 Å². The van der Waals surface area contributed by atoms with Crippen LogP contribution in [-0.2, 0) is 6.54 Å². The van der Waals surface area contributed by atoms with Gasteiger partial charge in [-0.15, -0.1) is 0 Å². The fourth-order valence-corrected chi connectivity index (χ4v) is 4.84. The molecule has 3 amide bonds. The van der Waals surface area contributed by atoms with Gasteiger partial charge in [-0.25, -0.2) is 8.78 Å². The predicted molar refractivity (Wildman–Crippen MR) is 158 cm³/mol. The van der Waals surface area contributed by atoms with Gasteiger partial charge in [0.2, 0.25) is 0 Å². The molecule has 0 radical (unpaired) electrons. The summed E-state index contributed by atoms with van der Waals surface area (Å²) in [6.45, 7) is 1.81. The Balaban J connectivity index is 1.34. The number of nitrogens with one attached hydrogen (secondary N) is 2. The summed E-state index contributed by atoms with van der Waals surface area (Å²) in [7, 11) is 0. The summed E-state index contributed by atoms with van der Waals surface area (Å²) < 4.78 is 27.0. The molecule has 10 heteroatoms. The van der Waals surface area contributed by atoms with Crippen LogP contribution in [0.5, 0.6) is 0 Å². The lowest BCUT2D eigenvalue weighted by Crippen LogP contribution is -2.49. The Morgan fingerprint density at radius 2 is 1.45 bits per heavy atom. The van der Waals surface area contributed by atoms with Gasteiger partial charge >= 0.3 is 0 Å². The van der Waals surface area contributed by atoms with Crippen molar-refractivity contribution in [1.29, 1.82) is 0 Å². The maximum Gasteiger partial charge on any atom is 0.255 e. The zero-order chi connectivity index (χ0) is 29.6. The van der Waals surface area contributed by atoms with Gasteiger partial charge in [-0.05, 0) is 78.4 Å². The molecule has 1 heterocycles. The average Bonchev–Trinajstić information content (AvgIpc) is 3.00. The number of anilines is 2. The average molecular weight is 589 g/mol. The molecule has 0 aliphatic carbocycles. The molecule has 1 saturated heterocycles. The van der Waals surface area contributed by atoms with Gasteiger partial charge in [-0.2, -0.15) is 0 Å². The zero-order valence-electron chi connectivity index (χ0n) is 22.4. The topological polar surface area (TPSA) is 81.8 Å². The monoisotopic (exact) mass is 588 g/mol. The van der Waals surface area contributed by atoms with E-state index in [1.54, 1.807) is 65.6 Å². The van der Waals surface area contributed by atoms with E-state index in [-0.39, 0.29) is 35.6 Å². The van der Waals surface area contributed by atoms with E-state index >= 15 is 0 Å². The van der Waals surface area contributed by atoms with Crippen LogP contribution in [0.1, 0.15) is 36.6 Å². The standard InChI is InChI=1S/C32H27ClF2N4O3/c33-24-8-6-22(7-9-24)30(40)37-27-12-13-29(28(19-27)31(41)36-20-21-4-10-25(34)11-5-21)38-14-16-39(17-15-38)32(42)23-2-1-3-26(35)18-23/h1-13,18-19H,14-17,20H2,(H,36,41)(H,37,40). The molecular weight excluding hydrogens is 562 g/mol. The van der Waals surface area contributed by atoms with Crippen molar-refractivity contribution in [2.45, 2.75) is 6.54 Å². The normalized spacial score (nSPS) is 13.0.